The normalized spacial score (nSPS) is 9.94. The van der Waals surface area contributed by atoms with Gasteiger partial charge in [0.05, 0.1) is 6.61 Å². The molecule has 5 heteroatoms. The third-order valence-electron chi connectivity index (χ3n) is 2.12. The molecule has 0 unspecified atom stereocenters. The van der Waals surface area contributed by atoms with E-state index < -0.39 is 0 Å². The lowest BCUT2D eigenvalue weighted by Crippen LogP contribution is -2.29. The average molecular weight is 226 g/mol. The SMILES string of the molecule is Cc1ccc(F)cc1OCCCC(=O)NN. The van der Waals surface area contributed by atoms with Crippen LogP contribution in [0.25, 0.3) is 0 Å². The van der Waals surface area contributed by atoms with Crippen LogP contribution in [0.5, 0.6) is 5.75 Å². The van der Waals surface area contributed by atoms with Crippen LogP contribution in [0, 0.1) is 12.7 Å². The van der Waals surface area contributed by atoms with Gasteiger partial charge in [-0.1, -0.05) is 6.07 Å². The van der Waals surface area contributed by atoms with Crippen molar-refractivity contribution in [2.45, 2.75) is 19.8 Å². The highest BCUT2D eigenvalue weighted by molar-refractivity contribution is 5.75. The van der Waals surface area contributed by atoms with Crippen LogP contribution >= 0.6 is 0 Å². The first kappa shape index (κ1) is 12.4. The molecule has 0 atom stereocenters. The number of hydrazine groups is 1. The van der Waals surface area contributed by atoms with E-state index in [4.69, 9.17) is 10.6 Å². The molecule has 0 aromatic heterocycles. The molecule has 3 N–H and O–H groups in total. The number of halogens is 1. The second-order valence-corrected chi connectivity index (χ2v) is 3.43. The summed E-state index contributed by atoms with van der Waals surface area (Å²) in [4.78, 5) is 10.8. The maximum absolute atomic E-state index is 12.9. The lowest BCUT2D eigenvalue weighted by molar-refractivity contribution is -0.121. The van der Waals surface area contributed by atoms with Gasteiger partial charge in [0, 0.05) is 12.5 Å². The molecule has 0 aliphatic rings. The second-order valence-electron chi connectivity index (χ2n) is 3.43. The molecule has 0 radical (unpaired) electrons. The summed E-state index contributed by atoms with van der Waals surface area (Å²) >= 11 is 0. The fourth-order valence-electron chi connectivity index (χ4n) is 1.22. The van der Waals surface area contributed by atoms with Crippen LogP contribution in [-0.4, -0.2) is 12.5 Å². The number of ether oxygens (including phenoxy) is 1. The zero-order valence-corrected chi connectivity index (χ0v) is 9.13. The minimum absolute atomic E-state index is 0.237. The number of nitrogens with one attached hydrogen (secondary N) is 1. The Balaban J connectivity index is 2.37. The van der Waals surface area contributed by atoms with Crippen LogP contribution in [0.2, 0.25) is 0 Å². The first-order chi connectivity index (χ1) is 7.63. The maximum atomic E-state index is 12.9. The van der Waals surface area contributed by atoms with Crippen molar-refractivity contribution in [1.29, 1.82) is 0 Å². The van der Waals surface area contributed by atoms with Crippen molar-refractivity contribution in [3.8, 4) is 5.75 Å². The van der Waals surface area contributed by atoms with E-state index in [2.05, 4.69) is 0 Å². The van der Waals surface area contributed by atoms with Crippen LogP contribution in [0.3, 0.4) is 0 Å². The summed E-state index contributed by atoms with van der Waals surface area (Å²) < 4.78 is 18.2. The molecular weight excluding hydrogens is 211 g/mol. The third kappa shape index (κ3) is 3.86. The van der Waals surface area contributed by atoms with Gasteiger partial charge in [0.2, 0.25) is 5.91 Å². The number of hydrogen-bond acceptors (Lipinski definition) is 3. The highest BCUT2D eigenvalue weighted by Gasteiger charge is 2.02. The van der Waals surface area contributed by atoms with Gasteiger partial charge >= 0.3 is 0 Å². The predicted molar refractivity (Wildman–Crippen MR) is 58.2 cm³/mol. The van der Waals surface area contributed by atoms with E-state index in [1.54, 1.807) is 6.07 Å². The molecular formula is C11H15FN2O2. The van der Waals surface area contributed by atoms with Crippen molar-refractivity contribution in [3.63, 3.8) is 0 Å². The van der Waals surface area contributed by atoms with Gasteiger partial charge in [0.1, 0.15) is 11.6 Å². The summed E-state index contributed by atoms with van der Waals surface area (Å²) in [6.45, 7) is 2.19. The molecule has 0 saturated carbocycles. The van der Waals surface area contributed by atoms with Crippen molar-refractivity contribution in [1.82, 2.24) is 5.43 Å². The van der Waals surface area contributed by atoms with Crippen LogP contribution in [0.1, 0.15) is 18.4 Å². The Hall–Kier alpha value is -1.62. The predicted octanol–water partition coefficient (Wildman–Crippen LogP) is 1.28. The fraction of sp³-hybridized carbons (Fsp3) is 0.364. The van der Waals surface area contributed by atoms with Crippen molar-refractivity contribution in [2.75, 3.05) is 6.61 Å². The van der Waals surface area contributed by atoms with Gasteiger partial charge in [0.25, 0.3) is 0 Å². The molecule has 4 nitrogen and oxygen atoms in total. The van der Waals surface area contributed by atoms with E-state index in [-0.39, 0.29) is 11.7 Å². The number of nitrogens with two attached hydrogens (primary N) is 1. The largest absolute Gasteiger partial charge is 0.493 e. The van der Waals surface area contributed by atoms with E-state index in [0.29, 0.717) is 25.2 Å². The highest BCUT2D eigenvalue weighted by atomic mass is 19.1. The van der Waals surface area contributed by atoms with Gasteiger partial charge in [-0.15, -0.1) is 0 Å². The molecule has 0 saturated heterocycles. The smallest absolute Gasteiger partial charge is 0.234 e. The van der Waals surface area contributed by atoms with E-state index in [0.717, 1.165) is 5.56 Å². The maximum Gasteiger partial charge on any atom is 0.234 e. The summed E-state index contributed by atoms with van der Waals surface area (Å²) in [5, 5.41) is 0. The summed E-state index contributed by atoms with van der Waals surface area (Å²) in [7, 11) is 0. The quantitative estimate of drug-likeness (QED) is 0.344. The van der Waals surface area contributed by atoms with Gasteiger partial charge < -0.3 is 4.74 Å². The van der Waals surface area contributed by atoms with E-state index >= 15 is 0 Å². The number of rotatable bonds is 5. The summed E-state index contributed by atoms with van der Waals surface area (Å²) in [6.07, 6.45) is 0.837. The first-order valence-corrected chi connectivity index (χ1v) is 5.02. The van der Waals surface area contributed by atoms with Gasteiger partial charge in [0.15, 0.2) is 0 Å². The van der Waals surface area contributed by atoms with Crippen molar-refractivity contribution < 1.29 is 13.9 Å². The minimum atomic E-state index is -0.333. The summed E-state index contributed by atoms with van der Waals surface area (Å²) in [5.41, 5.74) is 2.90. The zero-order valence-electron chi connectivity index (χ0n) is 9.13. The number of aryl methyl sites for hydroxylation is 1. The first-order valence-electron chi connectivity index (χ1n) is 5.02. The molecule has 0 heterocycles. The third-order valence-corrected chi connectivity index (χ3v) is 2.12. The molecule has 0 fully saturated rings. The number of carbonyl (C=O) groups is 1. The molecule has 0 bridgehead atoms. The van der Waals surface area contributed by atoms with Crippen LogP contribution in [-0.2, 0) is 4.79 Å². The van der Waals surface area contributed by atoms with Crippen LogP contribution in [0.4, 0.5) is 4.39 Å². The van der Waals surface area contributed by atoms with Gasteiger partial charge in [-0.25, -0.2) is 10.2 Å². The Morgan fingerprint density at radius 3 is 3.00 bits per heavy atom. The average Bonchev–Trinajstić information content (AvgIpc) is 2.28. The fourth-order valence-corrected chi connectivity index (χ4v) is 1.22. The van der Waals surface area contributed by atoms with Crippen molar-refractivity contribution in [3.05, 3.63) is 29.6 Å². The Morgan fingerprint density at radius 1 is 1.56 bits per heavy atom. The Bertz CT molecular complexity index is 369. The Morgan fingerprint density at radius 2 is 2.31 bits per heavy atom. The van der Waals surface area contributed by atoms with Crippen LogP contribution < -0.4 is 16.0 Å². The molecule has 16 heavy (non-hydrogen) atoms. The van der Waals surface area contributed by atoms with Gasteiger partial charge in [-0.05, 0) is 25.0 Å². The second kappa shape index (κ2) is 6.07. The number of amides is 1. The Labute approximate surface area is 93.6 Å². The number of carbonyl (C=O) groups excluding carboxylic acids is 1. The van der Waals surface area contributed by atoms with Crippen molar-refractivity contribution >= 4 is 5.91 Å². The zero-order chi connectivity index (χ0) is 12.0. The molecule has 0 aliphatic carbocycles. The monoisotopic (exact) mass is 226 g/mol. The molecule has 1 aromatic carbocycles. The van der Waals surface area contributed by atoms with E-state index in [1.807, 2.05) is 12.3 Å². The molecule has 0 aliphatic heterocycles. The van der Waals surface area contributed by atoms with E-state index in [9.17, 15) is 9.18 Å². The van der Waals surface area contributed by atoms with Gasteiger partial charge in [-0.2, -0.15) is 0 Å². The summed E-state index contributed by atoms with van der Waals surface area (Å²) in [6, 6.07) is 4.36. The van der Waals surface area contributed by atoms with Crippen LogP contribution in [0.15, 0.2) is 18.2 Å². The molecule has 0 spiro atoms. The highest BCUT2D eigenvalue weighted by Crippen LogP contribution is 2.18. The summed E-state index contributed by atoms with van der Waals surface area (Å²) in [5.74, 6) is 4.86. The molecule has 1 rings (SSSR count). The van der Waals surface area contributed by atoms with Gasteiger partial charge in [-0.3, -0.25) is 10.2 Å². The number of hydrogen-bond donors (Lipinski definition) is 2. The standard InChI is InChI=1S/C11H15FN2O2/c1-8-4-5-9(12)7-10(8)16-6-2-3-11(15)14-13/h4-5,7H,2-3,6,13H2,1H3,(H,14,15). The minimum Gasteiger partial charge on any atom is -0.493 e. The lowest BCUT2D eigenvalue weighted by atomic mass is 10.2. The molecule has 1 amide bonds. The lowest BCUT2D eigenvalue weighted by Gasteiger charge is -2.08. The topological polar surface area (TPSA) is 64.3 Å². The Kier molecular flexibility index (Phi) is 4.72. The van der Waals surface area contributed by atoms with E-state index in [1.165, 1.54) is 12.1 Å². The molecule has 1 aromatic rings. The molecule has 88 valence electrons. The van der Waals surface area contributed by atoms with Crippen molar-refractivity contribution in [2.24, 2.45) is 5.84 Å². The number of benzene rings is 1.